The summed E-state index contributed by atoms with van der Waals surface area (Å²) >= 11 is 1.53. The van der Waals surface area contributed by atoms with Gasteiger partial charge in [-0.25, -0.2) is 9.37 Å². The first-order valence-corrected chi connectivity index (χ1v) is 23.0. The number of hydrogen-bond acceptors (Lipinski definition) is 13. The maximum atomic E-state index is 14.7. The summed E-state index contributed by atoms with van der Waals surface area (Å²) in [6.07, 6.45) is 0.742. The number of carbonyl (C=O) groups excluding carboxylic acids is 3. The van der Waals surface area contributed by atoms with Gasteiger partial charge in [-0.2, -0.15) is 10.2 Å². The molecule has 5 N–H and O–H groups in total. The highest BCUT2D eigenvalue weighted by Crippen LogP contribution is 2.41. The molecule has 2 aliphatic heterocycles. The van der Waals surface area contributed by atoms with E-state index in [0.717, 1.165) is 65.7 Å². The van der Waals surface area contributed by atoms with E-state index >= 15 is 0 Å². The van der Waals surface area contributed by atoms with Crippen molar-refractivity contribution in [2.45, 2.75) is 84.7 Å². The number of benzene rings is 3. The van der Waals surface area contributed by atoms with Crippen LogP contribution in [0.4, 0.5) is 27.3 Å². The van der Waals surface area contributed by atoms with E-state index in [2.05, 4.69) is 52.9 Å². The summed E-state index contributed by atoms with van der Waals surface area (Å²) in [5.74, 6) is -0.939. The normalized spacial score (nSPS) is 19.0. The number of thiazole rings is 1. The third-order valence-corrected chi connectivity index (χ3v) is 13.4. The number of halogens is 1. The zero-order valence-corrected chi connectivity index (χ0v) is 38.2. The SMILES string of the molecule is Cc1ncsc1-c1ccc(CNC(=O)[C@H]2C[C@H](C)CN2C(=O)[C@@H](NC(=O)C2(F)CC2)C(C)(C)C)c(N=Nc2ccc(CN3CCN(c4cc(-c5ccccc5O)nnc4N)CC3)cc2)c1. The van der Waals surface area contributed by atoms with Crippen molar-refractivity contribution < 1.29 is 23.9 Å². The Labute approximate surface area is 382 Å². The van der Waals surface area contributed by atoms with Gasteiger partial charge in [-0.05, 0) is 90.6 Å². The fraction of sp³-hybridized carbons (Fsp3) is 0.417. The van der Waals surface area contributed by atoms with Gasteiger partial charge >= 0.3 is 0 Å². The van der Waals surface area contributed by atoms with Crippen LogP contribution in [-0.4, -0.2) is 98.3 Å². The van der Waals surface area contributed by atoms with Crippen molar-refractivity contribution in [2.24, 2.45) is 21.6 Å². The van der Waals surface area contributed by atoms with E-state index in [4.69, 9.17) is 10.8 Å². The number of phenols is 1. The zero-order chi connectivity index (χ0) is 46.0. The van der Waals surface area contributed by atoms with Crippen molar-refractivity contribution in [3.63, 3.8) is 0 Å². The molecule has 0 bridgehead atoms. The molecular weight excluding hydrogens is 846 g/mol. The number of nitrogens with one attached hydrogen (secondary N) is 2. The van der Waals surface area contributed by atoms with Gasteiger partial charge in [0.1, 0.15) is 17.8 Å². The van der Waals surface area contributed by atoms with Gasteiger partial charge < -0.3 is 31.3 Å². The Balaban J connectivity index is 0.919. The van der Waals surface area contributed by atoms with Crippen molar-refractivity contribution in [1.82, 2.24) is 35.6 Å². The molecule has 0 spiro atoms. The van der Waals surface area contributed by atoms with Gasteiger partial charge in [-0.1, -0.05) is 64.1 Å². The summed E-state index contributed by atoms with van der Waals surface area (Å²) in [6.45, 7) is 13.8. The van der Waals surface area contributed by atoms with Crippen molar-refractivity contribution in [2.75, 3.05) is 43.4 Å². The van der Waals surface area contributed by atoms with Crippen molar-refractivity contribution in [3.8, 4) is 27.4 Å². The van der Waals surface area contributed by atoms with E-state index in [0.29, 0.717) is 41.4 Å². The van der Waals surface area contributed by atoms with E-state index in [1.54, 1.807) is 28.6 Å². The fourth-order valence-corrected chi connectivity index (χ4v) is 9.23. The molecule has 8 rings (SSSR count). The van der Waals surface area contributed by atoms with Crippen molar-refractivity contribution >= 4 is 51.9 Å². The van der Waals surface area contributed by atoms with Crippen LogP contribution in [0.5, 0.6) is 5.75 Å². The standard InChI is InChI=1S/C48H56FN11O4S/c1-29-22-39(60(26-29)45(63)42(47(3,4)5)53-46(64)48(49)16-17-48)44(62)51-25-33-13-12-32(41-30(2)52-28-65-41)23-36(33)55-54-34-14-10-31(11-15-34)27-58-18-20-59(21-19-58)38-24-37(56-57-43(38)50)35-8-6-7-9-40(35)61/h6-15,23-24,28-29,39,42,61H,16-22,25-27H2,1-5H3,(H2,50,57)(H,51,62)(H,53,64)/t29-,39+,42+/m0/s1. The number of nitrogens with two attached hydrogens (primary N) is 1. The van der Waals surface area contributed by atoms with Crippen LogP contribution in [0, 0.1) is 18.3 Å². The largest absolute Gasteiger partial charge is 0.507 e. The van der Waals surface area contributed by atoms with Gasteiger partial charge in [-0.3, -0.25) is 19.3 Å². The highest BCUT2D eigenvalue weighted by atomic mass is 32.1. The third-order valence-electron chi connectivity index (χ3n) is 12.4. The maximum absolute atomic E-state index is 14.7. The average Bonchev–Trinajstić information content (AvgIpc) is 3.70. The quantitative estimate of drug-likeness (QED) is 0.0861. The Kier molecular flexibility index (Phi) is 13.0. The summed E-state index contributed by atoms with van der Waals surface area (Å²) in [6, 6.07) is 21.0. The molecule has 3 amide bonds. The number of para-hydroxylation sites is 1. The number of aromatic nitrogens is 3. The van der Waals surface area contributed by atoms with E-state index < -0.39 is 35.0 Å². The number of carbonyl (C=O) groups is 3. The van der Waals surface area contributed by atoms with Crippen LogP contribution in [0.3, 0.4) is 0 Å². The number of amides is 3. The highest BCUT2D eigenvalue weighted by molar-refractivity contribution is 7.13. The van der Waals surface area contributed by atoms with E-state index in [-0.39, 0.29) is 37.0 Å². The molecule has 4 heterocycles. The van der Waals surface area contributed by atoms with E-state index in [1.807, 2.05) is 77.1 Å². The first kappa shape index (κ1) is 45.2. The molecule has 1 aliphatic carbocycles. The Morgan fingerprint density at radius 3 is 2.42 bits per heavy atom. The van der Waals surface area contributed by atoms with Crippen LogP contribution < -0.4 is 21.3 Å². The fourth-order valence-electron chi connectivity index (χ4n) is 8.43. The predicted octanol–water partition coefficient (Wildman–Crippen LogP) is 7.49. The monoisotopic (exact) mass is 901 g/mol. The molecule has 1 saturated carbocycles. The number of hydrogen-bond donors (Lipinski definition) is 4. The minimum absolute atomic E-state index is 0.0480. The minimum atomic E-state index is -1.93. The van der Waals surface area contributed by atoms with Crippen LogP contribution in [-0.2, 0) is 27.5 Å². The number of nitrogen functional groups attached to an aromatic ring is 1. The number of anilines is 2. The molecule has 15 nitrogen and oxygen atoms in total. The average molecular weight is 902 g/mol. The summed E-state index contributed by atoms with van der Waals surface area (Å²) < 4.78 is 14.7. The number of likely N-dealkylation sites (tertiary alicyclic amines) is 1. The van der Waals surface area contributed by atoms with E-state index in [1.165, 1.54) is 11.3 Å². The summed E-state index contributed by atoms with van der Waals surface area (Å²) in [5.41, 5.74) is 12.4. The smallest absolute Gasteiger partial charge is 0.258 e. The van der Waals surface area contributed by atoms with Gasteiger partial charge in [0.25, 0.3) is 5.91 Å². The molecule has 2 aromatic heterocycles. The Bertz CT molecular complexity index is 2580. The molecule has 0 unspecified atom stereocenters. The van der Waals surface area contributed by atoms with Crippen LogP contribution in [0.25, 0.3) is 21.7 Å². The van der Waals surface area contributed by atoms with Gasteiger partial charge in [0, 0.05) is 51.4 Å². The molecule has 17 heteroatoms. The van der Waals surface area contributed by atoms with Gasteiger partial charge in [0.2, 0.25) is 11.8 Å². The molecule has 5 aromatic rings. The zero-order valence-electron chi connectivity index (χ0n) is 37.4. The van der Waals surface area contributed by atoms with Gasteiger partial charge in [0.05, 0.1) is 38.8 Å². The van der Waals surface area contributed by atoms with Crippen LogP contribution in [0.1, 0.15) is 63.8 Å². The highest BCUT2D eigenvalue weighted by Gasteiger charge is 2.53. The number of piperazine rings is 1. The summed E-state index contributed by atoms with van der Waals surface area (Å²) in [7, 11) is 0. The molecule has 3 fully saturated rings. The maximum Gasteiger partial charge on any atom is 0.258 e. The van der Waals surface area contributed by atoms with Crippen molar-refractivity contribution in [3.05, 3.63) is 95.1 Å². The van der Waals surface area contributed by atoms with Gasteiger partial charge in [-0.15, -0.1) is 21.5 Å². The Morgan fingerprint density at radius 2 is 1.74 bits per heavy atom. The number of rotatable bonds is 13. The molecule has 3 aromatic carbocycles. The number of alkyl halides is 1. The molecule has 3 atom stereocenters. The lowest BCUT2D eigenvalue weighted by Crippen LogP contribution is -2.58. The Morgan fingerprint density at radius 1 is 1.00 bits per heavy atom. The Hall–Kier alpha value is -6.33. The molecule has 0 radical (unpaired) electrons. The predicted molar refractivity (Wildman–Crippen MR) is 250 cm³/mol. The second kappa shape index (κ2) is 18.6. The third kappa shape index (κ3) is 10.3. The summed E-state index contributed by atoms with van der Waals surface area (Å²) in [4.78, 5) is 52.3. The topological polar surface area (TPSA) is 195 Å². The number of nitrogens with zero attached hydrogens (tertiary/aromatic N) is 8. The van der Waals surface area contributed by atoms with Crippen LogP contribution >= 0.6 is 11.3 Å². The van der Waals surface area contributed by atoms with Gasteiger partial charge in [0.15, 0.2) is 11.5 Å². The number of aromatic hydroxyl groups is 1. The van der Waals surface area contributed by atoms with E-state index in [9.17, 15) is 23.9 Å². The lowest BCUT2D eigenvalue weighted by atomic mass is 9.85. The lowest BCUT2D eigenvalue weighted by Gasteiger charge is -2.36. The molecule has 340 valence electrons. The van der Waals surface area contributed by atoms with Crippen LogP contribution in [0.15, 0.2) is 88.5 Å². The lowest BCUT2D eigenvalue weighted by molar-refractivity contribution is -0.144. The number of azo groups is 1. The van der Waals surface area contributed by atoms with Crippen LogP contribution in [0.2, 0.25) is 0 Å². The second-order valence-corrected chi connectivity index (χ2v) is 19.4. The molecule has 2 saturated heterocycles. The molecule has 65 heavy (non-hydrogen) atoms. The number of aryl methyl sites for hydroxylation is 1. The second-order valence-electron chi connectivity index (χ2n) is 18.6. The molecule has 3 aliphatic rings. The minimum Gasteiger partial charge on any atom is -0.507 e. The number of phenolic OH excluding ortho intramolecular Hbond substituents is 1. The first-order chi connectivity index (χ1) is 31.1. The summed E-state index contributed by atoms with van der Waals surface area (Å²) in [5, 5.41) is 33.8. The van der Waals surface area contributed by atoms with Crippen molar-refractivity contribution in [1.29, 1.82) is 0 Å². The molecular formula is C48H56FN11O4S. The first-order valence-electron chi connectivity index (χ1n) is 22.1.